The highest BCUT2D eigenvalue weighted by Crippen LogP contribution is 2.21. The Morgan fingerprint density at radius 1 is 0.724 bits per heavy atom. The van der Waals surface area contributed by atoms with Gasteiger partial charge in [-0.15, -0.1) is 0 Å². The third-order valence-corrected chi connectivity index (χ3v) is 4.77. The monoisotopic (exact) mass is 393 g/mol. The predicted octanol–water partition coefficient (Wildman–Crippen LogP) is 5.40. The van der Waals surface area contributed by atoms with Crippen LogP contribution in [0.3, 0.4) is 0 Å². The average Bonchev–Trinajstić information content (AvgIpc) is 2.76. The van der Waals surface area contributed by atoms with E-state index in [9.17, 15) is 13.9 Å². The van der Waals surface area contributed by atoms with Crippen molar-refractivity contribution in [1.29, 1.82) is 0 Å². The molecule has 0 saturated heterocycles. The first-order valence-corrected chi connectivity index (χ1v) is 9.65. The lowest BCUT2D eigenvalue weighted by Gasteiger charge is -2.33. The Morgan fingerprint density at radius 3 is 1.62 bits per heavy atom. The molecule has 29 heavy (non-hydrogen) atoms. The number of benzene rings is 3. The van der Waals surface area contributed by atoms with Crippen LogP contribution in [0, 0.1) is 0 Å². The summed E-state index contributed by atoms with van der Waals surface area (Å²) in [7, 11) is 0. The van der Waals surface area contributed by atoms with E-state index in [-0.39, 0.29) is 0 Å². The van der Waals surface area contributed by atoms with Gasteiger partial charge in [-0.3, -0.25) is 4.90 Å². The molecule has 0 heterocycles. The molecule has 3 rings (SSSR count). The minimum Gasteiger partial charge on any atom is -0.385 e. The van der Waals surface area contributed by atoms with Crippen LogP contribution in [0.1, 0.15) is 16.7 Å². The van der Waals surface area contributed by atoms with Crippen LogP contribution in [0.5, 0.6) is 0 Å². The van der Waals surface area contributed by atoms with Crippen molar-refractivity contribution in [2.45, 2.75) is 31.7 Å². The van der Waals surface area contributed by atoms with E-state index < -0.39 is 18.6 Å². The molecule has 2 nitrogen and oxygen atoms in total. The van der Waals surface area contributed by atoms with Gasteiger partial charge in [-0.25, -0.2) is 8.78 Å². The Kier molecular flexibility index (Phi) is 7.68. The molecular formula is C25H25F2NO. The van der Waals surface area contributed by atoms with E-state index >= 15 is 0 Å². The van der Waals surface area contributed by atoms with Gasteiger partial charge in [0, 0.05) is 13.1 Å². The third kappa shape index (κ3) is 6.34. The van der Waals surface area contributed by atoms with E-state index in [1.54, 1.807) is 12.2 Å². The topological polar surface area (TPSA) is 23.5 Å². The van der Waals surface area contributed by atoms with Crippen LogP contribution in [-0.4, -0.2) is 28.6 Å². The van der Waals surface area contributed by atoms with E-state index in [0.717, 1.165) is 16.7 Å². The second kappa shape index (κ2) is 10.6. The number of rotatable bonds is 9. The normalized spacial score (nSPS) is 13.8. The molecule has 0 aromatic heterocycles. The van der Waals surface area contributed by atoms with E-state index in [4.69, 9.17) is 0 Å². The fraction of sp³-hybridized carbons (Fsp3) is 0.200. The summed E-state index contributed by atoms with van der Waals surface area (Å²) in [6.45, 7) is 0.895. The van der Waals surface area contributed by atoms with Gasteiger partial charge in [-0.1, -0.05) is 103 Å². The molecule has 2 atom stereocenters. The number of aliphatic hydroxyl groups excluding tert-OH is 1. The second-order valence-corrected chi connectivity index (χ2v) is 6.96. The molecule has 0 spiro atoms. The number of hydrogen-bond acceptors (Lipinski definition) is 2. The van der Waals surface area contributed by atoms with Crippen LogP contribution >= 0.6 is 0 Å². The molecule has 0 bridgehead atoms. The summed E-state index contributed by atoms with van der Waals surface area (Å²) in [4.78, 5) is 1.89. The second-order valence-electron chi connectivity index (χ2n) is 6.96. The number of hydrogen-bond donors (Lipinski definition) is 1. The minimum absolute atomic E-state index is 0.448. The van der Waals surface area contributed by atoms with Gasteiger partial charge < -0.3 is 5.11 Å². The summed E-state index contributed by atoms with van der Waals surface area (Å²) in [6, 6.07) is 28.1. The molecule has 3 aromatic rings. The third-order valence-electron chi connectivity index (χ3n) is 4.77. The molecule has 4 heteroatoms. The van der Waals surface area contributed by atoms with E-state index in [0.29, 0.717) is 13.1 Å². The summed E-state index contributed by atoms with van der Waals surface area (Å²) in [5, 5.41) is 10.3. The number of alkyl halides is 2. The number of aliphatic hydroxyl groups is 1. The molecule has 150 valence electrons. The van der Waals surface area contributed by atoms with Crippen LogP contribution in [-0.2, 0) is 13.1 Å². The van der Waals surface area contributed by atoms with Gasteiger partial charge >= 0.3 is 0 Å². The molecule has 3 aromatic carbocycles. The van der Waals surface area contributed by atoms with Crippen LogP contribution in [0.2, 0.25) is 0 Å². The molecule has 1 N–H and O–H groups in total. The van der Waals surface area contributed by atoms with Gasteiger partial charge in [0.2, 0.25) is 0 Å². The van der Waals surface area contributed by atoms with Gasteiger partial charge in [0.25, 0.3) is 6.43 Å². The molecule has 0 saturated carbocycles. The highest BCUT2D eigenvalue weighted by molar-refractivity contribution is 5.49. The molecule has 0 unspecified atom stereocenters. The standard InChI is InChI=1S/C25H25F2NO/c26-25(27)24(29)23(17-16-20-10-4-1-5-11-20)28(18-21-12-6-2-7-13-21)19-22-14-8-3-9-15-22/h1-17,23-25,29H,18-19H2/b17-16+/t23-,24-/m1/s1. The first-order valence-electron chi connectivity index (χ1n) is 9.65. The summed E-state index contributed by atoms with van der Waals surface area (Å²) in [5.74, 6) is 0. The average molecular weight is 393 g/mol. The highest BCUT2D eigenvalue weighted by Gasteiger charge is 2.30. The maximum Gasteiger partial charge on any atom is 0.265 e. The zero-order chi connectivity index (χ0) is 20.5. The zero-order valence-electron chi connectivity index (χ0n) is 16.1. The Hall–Kier alpha value is -2.82. The van der Waals surface area contributed by atoms with E-state index in [1.807, 2.05) is 95.9 Å². The van der Waals surface area contributed by atoms with Crippen molar-refractivity contribution >= 4 is 6.08 Å². The summed E-state index contributed by atoms with van der Waals surface area (Å²) < 4.78 is 27.1. The van der Waals surface area contributed by atoms with Gasteiger partial charge in [-0.2, -0.15) is 0 Å². The number of halogens is 2. The smallest absolute Gasteiger partial charge is 0.265 e. The minimum atomic E-state index is -2.84. The fourth-order valence-corrected chi connectivity index (χ4v) is 3.28. The molecule has 0 aliphatic carbocycles. The van der Waals surface area contributed by atoms with Gasteiger partial charge in [0.05, 0.1) is 6.04 Å². The maximum atomic E-state index is 13.5. The van der Waals surface area contributed by atoms with Crippen molar-refractivity contribution in [3.05, 3.63) is 114 Å². The largest absolute Gasteiger partial charge is 0.385 e. The first kappa shape index (κ1) is 20.9. The van der Waals surface area contributed by atoms with Crippen LogP contribution in [0.25, 0.3) is 6.08 Å². The SMILES string of the molecule is O[C@@H](C(F)F)[C@@H](/C=C/c1ccccc1)N(Cc1ccccc1)Cc1ccccc1. The maximum absolute atomic E-state index is 13.5. The van der Waals surface area contributed by atoms with Crippen molar-refractivity contribution in [1.82, 2.24) is 4.90 Å². The van der Waals surface area contributed by atoms with Gasteiger partial charge in [0.1, 0.15) is 6.10 Å². The van der Waals surface area contributed by atoms with Crippen LogP contribution < -0.4 is 0 Å². The lowest BCUT2D eigenvalue weighted by molar-refractivity contribution is -0.0472. The van der Waals surface area contributed by atoms with Crippen LogP contribution in [0.4, 0.5) is 8.78 Å². The lowest BCUT2D eigenvalue weighted by Crippen LogP contribution is -2.44. The molecule has 0 aliphatic heterocycles. The number of nitrogens with zero attached hydrogens (tertiary/aromatic N) is 1. The van der Waals surface area contributed by atoms with E-state index in [1.165, 1.54) is 0 Å². The van der Waals surface area contributed by atoms with Crippen molar-refractivity contribution in [3.8, 4) is 0 Å². The lowest BCUT2D eigenvalue weighted by atomic mass is 10.0. The predicted molar refractivity (Wildman–Crippen MR) is 113 cm³/mol. The van der Waals surface area contributed by atoms with Crippen molar-refractivity contribution in [3.63, 3.8) is 0 Å². The summed E-state index contributed by atoms with van der Waals surface area (Å²) in [5.41, 5.74) is 2.91. The van der Waals surface area contributed by atoms with Crippen LogP contribution in [0.15, 0.2) is 97.1 Å². The fourth-order valence-electron chi connectivity index (χ4n) is 3.28. The summed E-state index contributed by atoms with van der Waals surface area (Å²) >= 11 is 0. The Morgan fingerprint density at radius 2 is 1.17 bits per heavy atom. The molecule has 0 radical (unpaired) electrons. The van der Waals surface area contributed by atoms with E-state index in [2.05, 4.69) is 0 Å². The molecule has 0 amide bonds. The molecule has 0 aliphatic rings. The molecule has 0 fully saturated rings. The van der Waals surface area contributed by atoms with Gasteiger partial charge in [-0.05, 0) is 16.7 Å². The Balaban J connectivity index is 1.92. The van der Waals surface area contributed by atoms with Gasteiger partial charge in [0.15, 0.2) is 0 Å². The Bertz CT molecular complexity index is 828. The molecular weight excluding hydrogens is 368 g/mol. The zero-order valence-corrected chi connectivity index (χ0v) is 16.1. The highest BCUT2D eigenvalue weighted by atomic mass is 19.3. The Labute approximate surface area is 170 Å². The summed E-state index contributed by atoms with van der Waals surface area (Å²) in [6.07, 6.45) is -1.16. The van der Waals surface area contributed by atoms with Crippen molar-refractivity contribution in [2.24, 2.45) is 0 Å². The van der Waals surface area contributed by atoms with Crippen molar-refractivity contribution in [2.75, 3.05) is 0 Å². The quantitative estimate of drug-likeness (QED) is 0.526. The first-order chi connectivity index (χ1) is 14.1. The van der Waals surface area contributed by atoms with Crippen molar-refractivity contribution < 1.29 is 13.9 Å².